The SMILES string of the molecule is CC(=O)Oc1ccc(NC(=O)c2nn(C)c3ccccc23)c(Cl)c1. The molecule has 0 atom stereocenters. The van der Waals surface area contributed by atoms with Gasteiger partial charge in [-0.05, 0) is 18.2 Å². The van der Waals surface area contributed by atoms with Crippen molar-refractivity contribution in [1.29, 1.82) is 0 Å². The average Bonchev–Trinajstić information content (AvgIpc) is 2.87. The summed E-state index contributed by atoms with van der Waals surface area (Å²) in [7, 11) is 1.78. The maximum atomic E-state index is 12.5. The van der Waals surface area contributed by atoms with E-state index in [1.165, 1.54) is 13.0 Å². The fourth-order valence-electron chi connectivity index (χ4n) is 2.39. The predicted molar refractivity (Wildman–Crippen MR) is 91.4 cm³/mol. The topological polar surface area (TPSA) is 73.2 Å². The Morgan fingerprint density at radius 1 is 1.21 bits per heavy atom. The summed E-state index contributed by atoms with van der Waals surface area (Å²) in [6.45, 7) is 1.30. The molecule has 6 nitrogen and oxygen atoms in total. The Bertz CT molecular complexity index is 949. The molecule has 0 aliphatic rings. The van der Waals surface area contributed by atoms with Crippen LogP contribution in [0.5, 0.6) is 5.75 Å². The molecule has 0 aliphatic heterocycles. The number of hydrogen-bond acceptors (Lipinski definition) is 4. The number of fused-ring (bicyclic) bond motifs is 1. The lowest BCUT2D eigenvalue weighted by Gasteiger charge is -2.08. The van der Waals surface area contributed by atoms with Gasteiger partial charge in [0.05, 0.1) is 16.2 Å². The van der Waals surface area contributed by atoms with Gasteiger partial charge in [0.25, 0.3) is 5.91 Å². The summed E-state index contributed by atoms with van der Waals surface area (Å²) in [4.78, 5) is 23.5. The highest BCUT2D eigenvalue weighted by molar-refractivity contribution is 6.34. The first-order valence-electron chi connectivity index (χ1n) is 7.17. The first-order chi connectivity index (χ1) is 11.5. The van der Waals surface area contributed by atoms with Gasteiger partial charge in [-0.15, -0.1) is 0 Å². The van der Waals surface area contributed by atoms with E-state index < -0.39 is 5.97 Å². The highest BCUT2D eigenvalue weighted by Crippen LogP contribution is 2.28. The number of aryl methyl sites for hydroxylation is 1. The van der Waals surface area contributed by atoms with Crippen molar-refractivity contribution in [1.82, 2.24) is 9.78 Å². The summed E-state index contributed by atoms with van der Waals surface area (Å²) in [6, 6.07) is 12.1. The zero-order valence-electron chi connectivity index (χ0n) is 13.0. The number of ether oxygens (including phenoxy) is 1. The molecule has 0 aliphatic carbocycles. The lowest BCUT2D eigenvalue weighted by Crippen LogP contribution is -2.13. The first-order valence-corrected chi connectivity index (χ1v) is 7.54. The van der Waals surface area contributed by atoms with Gasteiger partial charge in [-0.2, -0.15) is 5.10 Å². The molecule has 7 heteroatoms. The highest BCUT2D eigenvalue weighted by atomic mass is 35.5. The molecule has 0 radical (unpaired) electrons. The van der Waals surface area contributed by atoms with Crippen LogP contribution in [0.25, 0.3) is 10.9 Å². The summed E-state index contributed by atoms with van der Waals surface area (Å²) in [6.07, 6.45) is 0. The van der Waals surface area contributed by atoms with Gasteiger partial charge >= 0.3 is 5.97 Å². The predicted octanol–water partition coefficient (Wildman–Crippen LogP) is 3.40. The molecule has 3 aromatic rings. The van der Waals surface area contributed by atoms with Crippen molar-refractivity contribution in [3.63, 3.8) is 0 Å². The van der Waals surface area contributed by atoms with Gasteiger partial charge in [0.1, 0.15) is 5.75 Å². The van der Waals surface area contributed by atoms with Crippen LogP contribution in [0, 0.1) is 0 Å². The molecule has 1 aromatic heterocycles. The van der Waals surface area contributed by atoms with E-state index in [0.29, 0.717) is 17.1 Å². The van der Waals surface area contributed by atoms with Gasteiger partial charge in [0, 0.05) is 25.4 Å². The molecule has 0 spiro atoms. The number of halogens is 1. The highest BCUT2D eigenvalue weighted by Gasteiger charge is 2.17. The van der Waals surface area contributed by atoms with Gasteiger partial charge in [0.15, 0.2) is 5.69 Å². The van der Waals surface area contributed by atoms with E-state index in [1.807, 2.05) is 24.3 Å². The minimum atomic E-state index is -0.442. The fourth-order valence-corrected chi connectivity index (χ4v) is 2.61. The summed E-state index contributed by atoms with van der Waals surface area (Å²) in [5, 5.41) is 8.01. The van der Waals surface area contributed by atoms with E-state index in [4.69, 9.17) is 16.3 Å². The van der Waals surface area contributed by atoms with Gasteiger partial charge in [-0.1, -0.05) is 29.8 Å². The third-order valence-electron chi connectivity index (χ3n) is 3.42. The number of benzene rings is 2. The minimum Gasteiger partial charge on any atom is -0.427 e. The number of para-hydroxylation sites is 1. The quantitative estimate of drug-likeness (QED) is 0.584. The van der Waals surface area contributed by atoms with E-state index in [2.05, 4.69) is 10.4 Å². The van der Waals surface area contributed by atoms with E-state index in [9.17, 15) is 9.59 Å². The Morgan fingerprint density at radius 3 is 2.67 bits per heavy atom. The van der Waals surface area contributed by atoms with Crippen LogP contribution in [0.1, 0.15) is 17.4 Å². The van der Waals surface area contributed by atoms with Crippen molar-refractivity contribution in [3.8, 4) is 5.75 Å². The molecule has 0 bridgehead atoms. The number of aromatic nitrogens is 2. The summed E-state index contributed by atoms with van der Waals surface area (Å²) in [5.41, 5.74) is 1.58. The molecule has 1 heterocycles. The lowest BCUT2D eigenvalue weighted by atomic mass is 10.2. The molecule has 0 fully saturated rings. The van der Waals surface area contributed by atoms with Crippen LogP contribution in [-0.4, -0.2) is 21.7 Å². The number of anilines is 1. The molecule has 1 amide bonds. The van der Waals surface area contributed by atoms with Crippen molar-refractivity contribution in [2.24, 2.45) is 7.05 Å². The van der Waals surface area contributed by atoms with E-state index in [1.54, 1.807) is 23.9 Å². The van der Waals surface area contributed by atoms with Crippen molar-refractivity contribution in [3.05, 3.63) is 53.2 Å². The van der Waals surface area contributed by atoms with Crippen LogP contribution >= 0.6 is 11.6 Å². The van der Waals surface area contributed by atoms with Crippen LogP contribution in [-0.2, 0) is 11.8 Å². The Kier molecular flexibility index (Phi) is 4.22. The van der Waals surface area contributed by atoms with E-state index >= 15 is 0 Å². The molecule has 0 unspecified atom stereocenters. The van der Waals surface area contributed by atoms with Crippen molar-refractivity contribution in [2.45, 2.75) is 6.92 Å². The van der Waals surface area contributed by atoms with E-state index in [-0.39, 0.29) is 10.9 Å². The Morgan fingerprint density at radius 2 is 1.96 bits per heavy atom. The number of esters is 1. The molecular weight excluding hydrogens is 330 g/mol. The number of carbonyl (C=O) groups excluding carboxylic acids is 2. The largest absolute Gasteiger partial charge is 0.427 e. The van der Waals surface area contributed by atoms with Gasteiger partial charge in [0.2, 0.25) is 0 Å². The number of nitrogens with zero attached hydrogens (tertiary/aromatic N) is 2. The van der Waals surface area contributed by atoms with Gasteiger partial charge in [-0.25, -0.2) is 0 Å². The van der Waals surface area contributed by atoms with Crippen LogP contribution in [0.3, 0.4) is 0 Å². The molecule has 1 N–H and O–H groups in total. The maximum absolute atomic E-state index is 12.5. The third kappa shape index (κ3) is 3.09. The molecule has 2 aromatic carbocycles. The van der Waals surface area contributed by atoms with Crippen LogP contribution in [0.15, 0.2) is 42.5 Å². The van der Waals surface area contributed by atoms with Crippen molar-refractivity contribution >= 4 is 40.1 Å². The second kappa shape index (κ2) is 6.33. The number of rotatable bonds is 3. The zero-order valence-corrected chi connectivity index (χ0v) is 13.8. The Hall–Kier alpha value is -2.86. The second-order valence-electron chi connectivity index (χ2n) is 5.18. The number of amides is 1. The number of nitrogens with one attached hydrogen (secondary N) is 1. The molecule has 0 saturated carbocycles. The van der Waals surface area contributed by atoms with Gasteiger partial charge < -0.3 is 10.1 Å². The third-order valence-corrected chi connectivity index (χ3v) is 3.74. The minimum absolute atomic E-state index is 0.266. The second-order valence-corrected chi connectivity index (χ2v) is 5.59. The molecule has 0 saturated heterocycles. The molecule has 3 rings (SSSR count). The van der Waals surface area contributed by atoms with Crippen LogP contribution in [0.4, 0.5) is 5.69 Å². The number of hydrogen-bond donors (Lipinski definition) is 1. The number of carbonyl (C=O) groups is 2. The molecular formula is C17H14ClN3O3. The summed E-state index contributed by atoms with van der Waals surface area (Å²) >= 11 is 6.14. The maximum Gasteiger partial charge on any atom is 0.308 e. The monoisotopic (exact) mass is 343 g/mol. The fraction of sp³-hybridized carbons (Fsp3) is 0.118. The van der Waals surface area contributed by atoms with Crippen LogP contribution in [0.2, 0.25) is 5.02 Å². The zero-order chi connectivity index (χ0) is 17.3. The van der Waals surface area contributed by atoms with Gasteiger partial charge in [-0.3, -0.25) is 14.3 Å². The van der Waals surface area contributed by atoms with E-state index in [0.717, 1.165) is 10.9 Å². The molecule has 24 heavy (non-hydrogen) atoms. The Labute approximate surface area is 143 Å². The lowest BCUT2D eigenvalue weighted by molar-refractivity contribution is -0.131. The first kappa shape index (κ1) is 16.0. The molecule has 122 valence electrons. The van der Waals surface area contributed by atoms with Crippen molar-refractivity contribution in [2.75, 3.05) is 5.32 Å². The Balaban J connectivity index is 1.88. The van der Waals surface area contributed by atoms with Crippen LogP contribution < -0.4 is 10.1 Å². The summed E-state index contributed by atoms with van der Waals surface area (Å²) in [5.74, 6) is -0.495. The average molecular weight is 344 g/mol. The standard InChI is InChI=1S/C17H14ClN3O3/c1-10(22)24-11-7-8-14(13(18)9-11)19-17(23)16-12-5-3-4-6-15(12)21(2)20-16/h3-9H,1-2H3,(H,19,23). The van der Waals surface area contributed by atoms with Crippen molar-refractivity contribution < 1.29 is 14.3 Å². The smallest absolute Gasteiger partial charge is 0.308 e. The normalized spacial score (nSPS) is 10.6. The summed E-state index contributed by atoms with van der Waals surface area (Å²) < 4.78 is 6.60.